The van der Waals surface area contributed by atoms with Gasteiger partial charge in [0, 0.05) is 6.54 Å². The highest BCUT2D eigenvalue weighted by Crippen LogP contribution is 2.16. The van der Waals surface area contributed by atoms with Crippen molar-refractivity contribution in [3.8, 4) is 0 Å². The Hall–Kier alpha value is -2.36. The molecule has 0 radical (unpaired) electrons. The summed E-state index contributed by atoms with van der Waals surface area (Å²) in [7, 11) is 0. The molecule has 0 aromatic heterocycles. The number of amides is 2. The largest absolute Gasteiger partial charge is 0.338 e. The van der Waals surface area contributed by atoms with Crippen molar-refractivity contribution >= 4 is 6.03 Å². The third kappa shape index (κ3) is 4.32. The molecule has 2 N–H and O–H groups in total. The quantitative estimate of drug-likeness (QED) is 0.868. The molecule has 2 rings (SSSR count). The van der Waals surface area contributed by atoms with Crippen LogP contribution < -0.4 is 10.6 Å². The fourth-order valence-corrected chi connectivity index (χ4v) is 2.41. The number of halogens is 1. The van der Waals surface area contributed by atoms with E-state index in [0.717, 1.165) is 11.1 Å². The van der Waals surface area contributed by atoms with Gasteiger partial charge in [-0.2, -0.15) is 0 Å². The Morgan fingerprint density at radius 3 is 2.55 bits per heavy atom. The second kappa shape index (κ2) is 7.59. The summed E-state index contributed by atoms with van der Waals surface area (Å²) >= 11 is 0. The highest BCUT2D eigenvalue weighted by atomic mass is 19.1. The first-order valence-electron chi connectivity index (χ1n) is 7.41. The summed E-state index contributed by atoms with van der Waals surface area (Å²) < 4.78 is 13.5. The first kappa shape index (κ1) is 16.0. The molecule has 22 heavy (non-hydrogen) atoms. The topological polar surface area (TPSA) is 41.1 Å². The minimum atomic E-state index is -0.243. The van der Waals surface area contributed by atoms with Crippen molar-refractivity contribution in [3.05, 3.63) is 71.0 Å². The lowest BCUT2D eigenvalue weighted by atomic mass is 10.0. The summed E-state index contributed by atoms with van der Waals surface area (Å²) in [6, 6.07) is 14.2. The van der Waals surface area contributed by atoms with Gasteiger partial charge in [0.1, 0.15) is 5.82 Å². The zero-order valence-corrected chi connectivity index (χ0v) is 12.9. The van der Waals surface area contributed by atoms with Gasteiger partial charge in [-0.1, -0.05) is 42.5 Å². The maximum Gasteiger partial charge on any atom is 0.315 e. The Kier molecular flexibility index (Phi) is 5.53. The molecule has 0 unspecified atom stereocenters. The van der Waals surface area contributed by atoms with E-state index < -0.39 is 0 Å². The van der Waals surface area contributed by atoms with Crippen molar-refractivity contribution in [3.63, 3.8) is 0 Å². The van der Waals surface area contributed by atoms with E-state index in [1.807, 2.05) is 38.1 Å². The van der Waals surface area contributed by atoms with E-state index in [1.165, 1.54) is 6.07 Å². The van der Waals surface area contributed by atoms with Crippen molar-refractivity contribution in [1.82, 2.24) is 10.6 Å². The Morgan fingerprint density at radius 2 is 1.82 bits per heavy atom. The summed E-state index contributed by atoms with van der Waals surface area (Å²) in [5, 5.41) is 5.66. The molecule has 2 aromatic carbocycles. The van der Waals surface area contributed by atoms with E-state index in [2.05, 4.69) is 10.6 Å². The monoisotopic (exact) mass is 300 g/mol. The van der Waals surface area contributed by atoms with E-state index in [0.29, 0.717) is 18.5 Å². The van der Waals surface area contributed by atoms with Gasteiger partial charge < -0.3 is 10.6 Å². The number of urea groups is 1. The standard InChI is InChI=1S/C18H21FN2O/c1-13-7-3-5-9-16(13)14(2)21-18(22)20-12-11-15-8-4-6-10-17(15)19/h3-10,14H,11-12H2,1-2H3,(H2,20,21,22)/t14-/m1/s1. The predicted octanol–water partition coefficient (Wildman–Crippen LogP) is 3.74. The number of hydrogen-bond acceptors (Lipinski definition) is 1. The number of benzene rings is 2. The summed E-state index contributed by atoms with van der Waals surface area (Å²) in [5.74, 6) is -0.238. The van der Waals surface area contributed by atoms with Crippen molar-refractivity contribution < 1.29 is 9.18 Å². The maximum absolute atomic E-state index is 13.5. The lowest BCUT2D eigenvalue weighted by Crippen LogP contribution is -2.38. The van der Waals surface area contributed by atoms with Gasteiger partial charge in [0.15, 0.2) is 0 Å². The predicted molar refractivity (Wildman–Crippen MR) is 86.2 cm³/mol. The van der Waals surface area contributed by atoms with Crippen molar-refractivity contribution in [1.29, 1.82) is 0 Å². The van der Waals surface area contributed by atoms with Gasteiger partial charge in [0.2, 0.25) is 0 Å². The number of rotatable bonds is 5. The van der Waals surface area contributed by atoms with E-state index in [-0.39, 0.29) is 17.9 Å². The summed E-state index contributed by atoms with van der Waals surface area (Å²) in [4.78, 5) is 11.9. The number of carbonyl (C=O) groups excluding carboxylic acids is 1. The Balaban J connectivity index is 1.81. The number of hydrogen-bond donors (Lipinski definition) is 2. The van der Waals surface area contributed by atoms with E-state index in [4.69, 9.17) is 0 Å². The fraction of sp³-hybridized carbons (Fsp3) is 0.278. The van der Waals surface area contributed by atoms with Crippen molar-refractivity contribution in [2.75, 3.05) is 6.54 Å². The Morgan fingerprint density at radius 1 is 1.14 bits per heavy atom. The Bertz CT molecular complexity index is 642. The van der Waals surface area contributed by atoms with Crippen LogP contribution in [0.25, 0.3) is 0 Å². The van der Waals surface area contributed by atoms with Crippen molar-refractivity contribution in [2.45, 2.75) is 26.3 Å². The molecule has 2 aromatic rings. The van der Waals surface area contributed by atoms with Gasteiger partial charge in [-0.25, -0.2) is 9.18 Å². The minimum Gasteiger partial charge on any atom is -0.338 e. The molecule has 0 aliphatic heterocycles. The summed E-state index contributed by atoms with van der Waals surface area (Å²) in [6.45, 7) is 4.36. The molecule has 2 amide bonds. The number of aryl methyl sites for hydroxylation is 1. The summed E-state index contributed by atoms with van der Waals surface area (Å²) in [6.07, 6.45) is 0.471. The lowest BCUT2D eigenvalue weighted by molar-refractivity contribution is 0.238. The highest BCUT2D eigenvalue weighted by Gasteiger charge is 2.10. The highest BCUT2D eigenvalue weighted by molar-refractivity contribution is 5.74. The molecule has 116 valence electrons. The van der Waals surface area contributed by atoms with Gasteiger partial charge in [0.05, 0.1) is 6.04 Å². The molecule has 0 bridgehead atoms. The van der Waals surface area contributed by atoms with Crippen LogP contribution in [0.5, 0.6) is 0 Å². The van der Waals surface area contributed by atoms with Crippen molar-refractivity contribution in [2.24, 2.45) is 0 Å². The molecule has 0 spiro atoms. The van der Waals surface area contributed by atoms with Crippen LogP contribution in [-0.2, 0) is 6.42 Å². The molecular formula is C18H21FN2O. The van der Waals surface area contributed by atoms with Crippen LogP contribution in [0.2, 0.25) is 0 Å². The lowest BCUT2D eigenvalue weighted by Gasteiger charge is -2.17. The molecule has 0 saturated heterocycles. The zero-order chi connectivity index (χ0) is 15.9. The SMILES string of the molecule is Cc1ccccc1[C@@H](C)NC(=O)NCCc1ccccc1F. The third-order valence-electron chi connectivity index (χ3n) is 3.64. The third-order valence-corrected chi connectivity index (χ3v) is 3.64. The molecule has 4 heteroatoms. The molecular weight excluding hydrogens is 279 g/mol. The first-order valence-corrected chi connectivity index (χ1v) is 7.41. The smallest absolute Gasteiger partial charge is 0.315 e. The van der Waals surface area contributed by atoms with E-state index >= 15 is 0 Å². The second-order valence-corrected chi connectivity index (χ2v) is 5.32. The van der Waals surface area contributed by atoms with Crippen LogP contribution in [0.1, 0.15) is 29.7 Å². The van der Waals surface area contributed by atoms with Gasteiger partial charge in [-0.15, -0.1) is 0 Å². The van der Waals surface area contributed by atoms with Gasteiger partial charge in [-0.3, -0.25) is 0 Å². The van der Waals surface area contributed by atoms with Crippen LogP contribution in [0.3, 0.4) is 0 Å². The Labute approximate surface area is 130 Å². The van der Waals surface area contributed by atoms with Gasteiger partial charge in [-0.05, 0) is 43.0 Å². The maximum atomic E-state index is 13.5. The minimum absolute atomic E-state index is 0.0744. The van der Waals surface area contributed by atoms with E-state index in [9.17, 15) is 9.18 Å². The average molecular weight is 300 g/mol. The molecule has 3 nitrogen and oxygen atoms in total. The normalized spacial score (nSPS) is 11.8. The molecule has 0 saturated carbocycles. The number of nitrogens with one attached hydrogen (secondary N) is 2. The average Bonchev–Trinajstić information content (AvgIpc) is 2.49. The van der Waals surface area contributed by atoms with Crippen LogP contribution in [-0.4, -0.2) is 12.6 Å². The molecule has 0 heterocycles. The van der Waals surface area contributed by atoms with Crippen LogP contribution in [0.4, 0.5) is 9.18 Å². The van der Waals surface area contributed by atoms with Gasteiger partial charge >= 0.3 is 6.03 Å². The van der Waals surface area contributed by atoms with Crippen LogP contribution >= 0.6 is 0 Å². The number of carbonyl (C=O) groups is 1. The van der Waals surface area contributed by atoms with Gasteiger partial charge in [0.25, 0.3) is 0 Å². The first-order chi connectivity index (χ1) is 10.6. The molecule has 0 aliphatic carbocycles. The second-order valence-electron chi connectivity index (χ2n) is 5.32. The fourth-order valence-electron chi connectivity index (χ4n) is 2.41. The van der Waals surface area contributed by atoms with Crippen LogP contribution in [0, 0.1) is 12.7 Å². The molecule has 1 atom stereocenters. The van der Waals surface area contributed by atoms with E-state index in [1.54, 1.807) is 18.2 Å². The molecule has 0 aliphatic rings. The molecule has 0 fully saturated rings. The summed E-state index contributed by atoms with van der Waals surface area (Å²) in [5.41, 5.74) is 2.84. The van der Waals surface area contributed by atoms with Crippen LogP contribution in [0.15, 0.2) is 48.5 Å². The zero-order valence-electron chi connectivity index (χ0n) is 12.9.